The van der Waals surface area contributed by atoms with Gasteiger partial charge in [-0.25, -0.2) is 0 Å². The van der Waals surface area contributed by atoms with Crippen molar-refractivity contribution in [1.29, 1.82) is 0 Å². The van der Waals surface area contributed by atoms with E-state index >= 15 is 0 Å². The molecule has 1 aliphatic carbocycles. The van der Waals surface area contributed by atoms with E-state index in [-0.39, 0.29) is 18.1 Å². The minimum absolute atomic E-state index is 0.0749. The maximum atomic E-state index is 6.84. The molecule has 0 radical (unpaired) electrons. The zero-order chi connectivity index (χ0) is 17.0. The second-order valence-electron chi connectivity index (χ2n) is 6.15. The predicted molar refractivity (Wildman–Crippen MR) is 93.2 cm³/mol. The number of nitrogens with two attached hydrogens (primary N) is 2. The van der Waals surface area contributed by atoms with Crippen molar-refractivity contribution in [2.75, 3.05) is 14.2 Å². The lowest BCUT2D eigenvalue weighted by Gasteiger charge is -2.39. The first-order valence-corrected chi connectivity index (χ1v) is 7.80. The summed E-state index contributed by atoms with van der Waals surface area (Å²) in [5, 5.41) is 0. The van der Waals surface area contributed by atoms with Gasteiger partial charge in [0.1, 0.15) is 11.9 Å². The fraction of sp³-hybridized carbons (Fsp3) is 0.421. The first-order chi connectivity index (χ1) is 10.9. The molecule has 0 amide bonds. The molecule has 4 N–H and O–H groups in total. The minimum atomic E-state index is -0.827. The zero-order valence-electron chi connectivity index (χ0n) is 14.2. The number of methoxy groups -OCH3 is 2. The van der Waals surface area contributed by atoms with Gasteiger partial charge >= 0.3 is 0 Å². The van der Waals surface area contributed by atoms with E-state index < -0.39 is 5.54 Å². The van der Waals surface area contributed by atoms with Gasteiger partial charge in [-0.15, -0.1) is 5.73 Å². The normalized spacial score (nSPS) is 21.0. The fourth-order valence-corrected chi connectivity index (χ4v) is 2.79. The first-order valence-electron chi connectivity index (χ1n) is 7.80. The molecular weight excluding hydrogens is 288 g/mol. The lowest BCUT2D eigenvalue weighted by molar-refractivity contribution is 0.177. The highest BCUT2D eigenvalue weighted by Gasteiger charge is 2.39. The van der Waals surface area contributed by atoms with E-state index in [1.165, 1.54) is 0 Å². The van der Waals surface area contributed by atoms with E-state index in [0.717, 1.165) is 16.9 Å². The summed E-state index contributed by atoms with van der Waals surface area (Å²) < 4.78 is 10.5. The van der Waals surface area contributed by atoms with Crippen LogP contribution in [0.5, 0.6) is 5.75 Å². The monoisotopic (exact) mass is 314 g/mol. The van der Waals surface area contributed by atoms with Gasteiger partial charge in [0, 0.05) is 18.7 Å². The highest BCUT2D eigenvalue weighted by molar-refractivity contribution is 5.46. The van der Waals surface area contributed by atoms with E-state index in [0.29, 0.717) is 0 Å². The zero-order valence-corrected chi connectivity index (χ0v) is 14.2. The highest BCUT2D eigenvalue weighted by Crippen LogP contribution is 2.35. The molecule has 2 rings (SSSR count). The Balaban J connectivity index is 2.53. The topological polar surface area (TPSA) is 70.5 Å². The Bertz CT molecular complexity index is 627. The van der Waals surface area contributed by atoms with Crippen LogP contribution in [0.15, 0.2) is 53.8 Å². The van der Waals surface area contributed by atoms with Crippen molar-refractivity contribution in [1.82, 2.24) is 0 Å². The molecule has 0 fully saturated rings. The van der Waals surface area contributed by atoms with Crippen LogP contribution in [-0.2, 0) is 10.3 Å². The summed E-state index contributed by atoms with van der Waals surface area (Å²) in [6, 6.07) is 7.48. The quantitative estimate of drug-likeness (QED) is 0.792. The summed E-state index contributed by atoms with van der Waals surface area (Å²) in [4.78, 5) is 0. The van der Waals surface area contributed by atoms with Crippen molar-refractivity contribution in [2.45, 2.75) is 31.5 Å². The molecule has 0 saturated heterocycles. The molecule has 0 heterocycles. The van der Waals surface area contributed by atoms with Crippen LogP contribution in [0.25, 0.3) is 0 Å². The van der Waals surface area contributed by atoms with Gasteiger partial charge in [-0.1, -0.05) is 38.1 Å². The molecule has 1 aromatic carbocycles. The van der Waals surface area contributed by atoms with Gasteiger partial charge in [-0.05, 0) is 29.7 Å². The fourth-order valence-electron chi connectivity index (χ4n) is 2.79. The minimum Gasteiger partial charge on any atom is -0.497 e. The maximum absolute atomic E-state index is 6.84. The second-order valence-corrected chi connectivity index (χ2v) is 6.15. The van der Waals surface area contributed by atoms with Gasteiger partial charge in [0.05, 0.1) is 12.6 Å². The standard InChI is InChI=1S/C19H26N2O2/c1-13(2)18(20)19(21,14-5-9-16(22-3)10-6-14)15-7-11-17(23-4)12-8-15/h5-7,9-13,17-18H,20-21H2,1-4H3. The molecule has 3 atom stereocenters. The first kappa shape index (κ1) is 17.5. The van der Waals surface area contributed by atoms with Gasteiger partial charge < -0.3 is 20.9 Å². The predicted octanol–water partition coefficient (Wildman–Crippen LogP) is 2.50. The molecule has 4 nitrogen and oxygen atoms in total. The lowest BCUT2D eigenvalue weighted by Crippen LogP contribution is -2.56. The Kier molecular flexibility index (Phi) is 5.45. The Hall–Kier alpha value is -1.84. The summed E-state index contributed by atoms with van der Waals surface area (Å²) in [6.07, 6.45) is 5.71. The van der Waals surface area contributed by atoms with Crippen molar-refractivity contribution in [2.24, 2.45) is 17.4 Å². The van der Waals surface area contributed by atoms with Crippen LogP contribution < -0.4 is 16.2 Å². The van der Waals surface area contributed by atoms with E-state index in [9.17, 15) is 0 Å². The number of hydrogen-bond acceptors (Lipinski definition) is 4. The van der Waals surface area contributed by atoms with Gasteiger partial charge in [-0.2, -0.15) is 0 Å². The Morgan fingerprint density at radius 3 is 2.26 bits per heavy atom. The third-order valence-electron chi connectivity index (χ3n) is 4.39. The molecule has 1 aliphatic rings. The smallest absolute Gasteiger partial charge is 0.118 e. The SMILES string of the molecule is COc1ccc(C(N)(C2=C=CC(OC)C=C2)C(N)C(C)C)cc1. The van der Waals surface area contributed by atoms with Gasteiger partial charge in [0.2, 0.25) is 0 Å². The molecule has 4 heteroatoms. The van der Waals surface area contributed by atoms with Crippen LogP contribution in [0.1, 0.15) is 19.4 Å². The molecule has 3 unspecified atom stereocenters. The van der Waals surface area contributed by atoms with Crippen molar-refractivity contribution < 1.29 is 9.47 Å². The average Bonchev–Trinajstić information content (AvgIpc) is 2.60. The van der Waals surface area contributed by atoms with Crippen LogP contribution >= 0.6 is 0 Å². The van der Waals surface area contributed by atoms with Crippen LogP contribution in [0.2, 0.25) is 0 Å². The number of benzene rings is 1. The third-order valence-corrected chi connectivity index (χ3v) is 4.39. The highest BCUT2D eigenvalue weighted by atomic mass is 16.5. The molecule has 23 heavy (non-hydrogen) atoms. The molecule has 1 aromatic rings. The number of rotatable bonds is 6. The van der Waals surface area contributed by atoms with Crippen LogP contribution in [-0.4, -0.2) is 26.4 Å². The summed E-state index contributed by atoms with van der Waals surface area (Å²) in [5.74, 6) is 1.00. The van der Waals surface area contributed by atoms with E-state index in [1.807, 2.05) is 42.5 Å². The summed E-state index contributed by atoms with van der Waals surface area (Å²) in [7, 11) is 3.31. The number of ether oxygens (including phenoxy) is 2. The second kappa shape index (κ2) is 7.16. The molecule has 0 aromatic heterocycles. The molecule has 0 saturated carbocycles. The van der Waals surface area contributed by atoms with Crippen molar-refractivity contribution in [3.8, 4) is 5.75 Å². The van der Waals surface area contributed by atoms with E-state index in [4.69, 9.17) is 20.9 Å². The Labute approximate surface area is 138 Å². The van der Waals surface area contributed by atoms with Gasteiger partial charge in [0.15, 0.2) is 0 Å². The summed E-state index contributed by atoms with van der Waals surface area (Å²) >= 11 is 0. The summed E-state index contributed by atoms with van der Waals surface area (Å²) in [6.45, 7) is 4.15. The van der Waals surface area contributed by atoms with E-state index in [1.54, 1.807) is 14.2 Å². The van der Waals surface area contributed by atoms with Crippen LogP contribution in [0.4, 0.5) is 0 Å². The Morgan fingerprint density at radius 2 is 1.83 bits per heavy atom. The van der Waals surface area contributed by atoms with Gasteiger partial charge in [0.25, 0.3) is 0 Å². The largest absolute Gasteiger partial charge is 0.497 e. The van der Waals surface area contributed by atoms with Crippen molar-refractivity contribution in [3.63, 3.8) is 0 Å². The van der Waals surface area contributed by atoms with Crippen LogP contribution in [0.3, 0.4) is 0 Å². The molecule has 0 aliphatic heterocycles. The molecular formula is C19H26N2O2. The van der Waals surface area contributed by atoms with Crippen molar-refractivity contribution in [3.05, 3.63) is 59.4 Å². The molecule has 124 valence electrons. The number of hydrogen-bond donors (Lipinski definition) is 2. The Morgan fingerprint density at radius 1 is 1.17 bits per heavy atom. The van der Waals surface area contributed by atoms with Gasteiger partial charge in [-0.3, -0.25) is 0 Å². The maximum Gasteiger partial charge on any atom is 0.118 e. The van der Waals surface area contributed by atoms with Crippen LogP contribution in [0, 0.1) is 5.92 Å². The van der Waals surface area contributed by atoms with Crippen molar-refractivity contribution >= 4 is 0 Å². The molecule has 0 spiro atoms. The van der Waals surface area contributed by atoms with E-state index in [2.05, 4.69) is 19.6 Å². The average molecular weight is 314 g/mol. The summed E-state index contributed by atoms with van der Waals surface area (Å²) in [5.41, 5.74) is 17.6. The molecule has 0 bridgehead atoms. The third kappa shape index (κ3) is 3.41. The lowest BCUT2D eigenvalue weighted by atomic mass is 9.73.